The number of imide groups is 1. The molecule has 0 unspecified atom stereocenters. The van der Waals surface area contributed by atoms with Crippen molar-refractivity contribution in [2.45, 2.75) is 28.8 Å². The lowest BCUT2D eigenvalue weighted by Crippen LogP contribution is -2.57. The number of rotatable bonds is 6. The zero-order valence-electron chi connectivity index (χ0n) is 22.2. The van der Waals surface area contributed by atoms with Gasteiger partial charge in [-0.3, -0.25) is 14.5 Å². The molecule has 1 fully saturated rings. The molecule has 0 aromatic heterocycles. The molecule has 0 radical (unpaired) electrons. The Morgan fingerprint density at radius 1 is 0.690 bits per heavy atom. The minimum atomic E-state index is -1.33. The molecule has 0 N–H and O–H groups in total. The van der Waals surface area contributed by atoms with Gasteiger partial charge in [-0.1, -0.05) is 103 Å². The molecule has 2 bridgehead atoms. The summed E-state index contributed by atoms with van der Waals surface area (Å²) >= 11 is 21.1. The van der Waals surface area contributed by atoms with Gasteiger partial charge in [-0.15, -0.1) is 23.2 Å². The van der Waals surface area contributed by atoms with Crippen molar-refractivity contribution in [2.75, 3.05) is 0 Å². The van der Waals surface area contributed by atoms with Crippen molar-refractivity contribution in [3.05, 3.63) is 142 Å². The van der Waals surface area contributed by atoms with Crippen molar-refractivity contribution >= 4 is 52.6 Å². The molecule has 8 heteroatoms. The lowest BCUT2D eigenvalue weighted by Gasteiger charge is -2.54. The molecule has 1 heterocycles. The molecule has 4 aromatic rings. The first-order valence-electron chi connectivity index (χ1n) is 13.7. The topological polar surface area (TPSA) is 63.7 Å². The van der Waals surface area contributed by atoms with Crippen LogP contribution in [0.3, 0.4) is 0 Å². The summed E-state index contributed by atoms with van der Waals surface area (Å²) < 4.78 is 5.71. The number of carbonyl (C=O) groups excluding carboxylic acids is 3. The minimum Gasteiger partial charge on any atom is -0.459 e. The van der Waals surface area contributed by atoms with E-state index in [-0.39, 0.29) is 13.0 Å². The van der Waals surface area contributed by atoms with Crippen molar-refractivity contribution in [3.8, 4) is 0 Å². The summed E-state index contributed by atoms with van der Waals surface area (Å²) in [5, 5.41) is 0.560. The number of likely N-dealkylation sites (tertiary alicyclic amines) is 1. The van der Waals surface area contributed by atoms with Gasteiger partial charge < -0.3 is 4.74 Å². The van der Waals surface area contributed by atoms with E-state index in [1.807, 2.05) is 78.9 Å². The monoisotopic (exact) mass is 615 g/mol. The number of amides is 2. The molecule has 4 aliphatic rings. The summed E-state index contributed by atoms with van der Waals surface area (Å²) in [6.07, 6.45) is 0.0850. The Balaban J connectivity index is 1.32. The summed E-state index contributed by atoms with van der Waals surface area (Å²) in [5.74, 6) is -3.76. The van der Waals surface area contributed by atoms with Gasteiger partial charge in [0.25, 0.3) is 0 Å². The summed E-state index contributed by atoms with van der Waals surface area (Å²) in [5.41, 5.74) is 4.31. The zero-order valence-corrected chi connectivity index (χ0v) is 24.4. The number of nitrogens with zero attached hydrogens (tertiary/aromatic N) is 1. The normalized spacial score (nSPS) is 25.9. The van der Waals surface area contributed by atoms with Gasteiger partial charge in [0, 0.05) is 11.4 Å². The van der Waals surface area contributed by atoms with Crippen molar-refractivity contribution in [1.82, 2.24) is 4.90 Å². The molecule has 3 aliphatic carbocycles. The molecule has 42 heavy (non-hydrogen) atoms. The second-order valence-corrected chi connectivity index (χ2v) is 12.6. The zero-order chi connectivity index (χ0) is 29.2. The van der Waals surface area contributed by atoms with Crippen molar-refractivity contribution in [3.63, 3.8) is 0 Å². The average molecular weight is 617 g/mol. The van der Waals surface area contributed by atoms with Crippen LogP contribution in [0.4, 0.5) is 0 Å². The van der Waals surface area contributed by atoms with Gasteiger partial charge in [0.1, 0.15) is 22.4 Å². The molecule has 4 aromatic carbocycles. The third kappa shape index (κ3) is 3.80. The Bertz CT molecular complexity index is 1620. The number of hydrogen-bond donors (Lipinski definition) is 0. The van der Waals surface area contributed by atoms with Crippen LogP contribution in [0.15, 0.2) is 103 Å². The summed E-state index contributed by atoms with van der Waals surface area (Å²) in [7, 11) is 0. The van der Waals surface area contributed by atoms with Crippen LogP contribution in [0, 0.1) is 11.8 Å². The third-order valence-electron chi connectivity index (χ3n) is 8.77. The van der Waals surface area contributed by atoms with Crippen LogP contribution in [0.2, 0.25) is 5.02 Å². The van der Waals surface area contributed by atoms with E-state index in [0.29, 0.717) is 27.3 Å². The first-order chi connectivity index (χ1) is 20.3. The van der Waals surface area contributed by atoms with Gasteiger partial charge in [0.15, 0.2) is 0 Å². The molecule has 0 spiro atoms. The van der Waals surface area contributed by atoms with E-state index in [2.05, 4.69) is 0 Å². The first kappa shape index (κ1) is 27.2. The van der Waals surface area contributed by atoms with Crippen LogP contribution in [-0.2, 0) is 41.9 Å². The molecule has 5 nitrogen and oxygen atoms in total. The van der Waals surface area contributed by atoms with Gasteiger partial charge in [-0.2, -0.15) is 0 Å². The molecule has 1 saturated heterocycles. The fourth-order valence-electron chi connectivity index (χ4n) is 6.94. The SMILES string of the molecule is O=C(OCc1ccc(Cl)cc1)[C@H](Cc1ccccc1)N1C(=O)[C@H]2[C@H](C1=O)C1(Cl)c3ccccc3C2(Cl)c2ccccc21. The number of hydrogen-bond acceptors (Lipinski definition) is 4. The second-order valence-electron chi connectivity index (χ2n) is 11.0. The first-order valence-corrected chi connectivity index (χ1v) is 14.8. The molecule has 210 valence electrons. The largest absolute Gasteiger partial charge is 0.459 e. The van der Waals surface area contributed by atoms with Crippen LogP contribution in [0.1, 0.15) is 33.4 Å². The maximum absolute atomic E-state index is 14.5. The van der Waals surface area contributed by atoms with Crippen LogP contribution in [-0.4, -0.2) is 28.7 Å². The van der Waals surface area contributed by atoms with Crippen LogP contribution in [0.5, 0.6) is 0 Å². The van der Waals surface area contributed by atoms with Crippen LogP contribution in [0.25, 0.3) is 0 Å². The van der Waals surface area contributed by atoms with Gasteiger partial charge >= 0.3 is 5.97 Å². The van der Waals surface area contributed by atoms with Crippen molar-refractivity contribution in [1.29, 1.82) is 0 Å². The maximum atomic E-state index is 14.5. The van der Waals surface area contributed by atoms with E-state index in [4.69, 9.17) is 39.5 Å². The third-order valence-corrected chi connectivity index (χ3v) is 10.3. The van der Waals surface area contributed by atoms with Crippen LogP contribution >= 0.6 is 34.8 Å². The molecular weight excluding hydrogens is 593 g/mol. The predicted octanol–water partition coefficient (Wildman–Crippen LogP) is 6.59. The highest BCUT2D eigenvalue weighted by Crippen LogP contribution is 2.69. The fourth-order valence-corrected chi connectivity index (χ4v) is 8.17. The van der Waals surface area contributed by atoms with Gasteiger partial charge in [0.2, 0.25) is 11.8 Å². The van der Waals surface area contributed by atoms with E-state index in [9.17, 15) is 14.4 Å². The minimum absolute atomic E-state index is 0.0415. The molecule has 0 saturated carbocycles. The molecular formula is C34H24Cl3NO4. The lowest BCUT2D eigenvalue weighted by atomic mass is 9.54. The smallest absolute Gasteiger partial charge is 0.330 e. The number of benzene rings is 4. The number of halogens is 3. The van der Waals surface area contributed by atoms with E-state index in [0.717, 1.165) is 16.0 Å². The number of carbonyl (C=O) groups is 3. The highest BCUT2D eigenvalue weighted by atomic mass is 35.5. The van der Waals surface area contributed by atoms with Crippen molar-refractivity contribution in [2.24, 2.45) is 11.8 Å². The Morgan fingerprint density at radius 2 is 1.14 bits per heavy atom. The number of esters is 1. The Morgan fingerprint density at radius 3 is 1.62 bits per heavy atom. The lowest BCUT2D eigenvalue weighted by molar-refractivity contribution is -0.159. The van der Waals surface area contributed by atoms with E-state index in [1.54, 1.807) is 24.3 Å². The maximum Gasteiger partial charge on any atom is 0.330 e. The highest BCUT2D eigenvalue weighted by Gasteiger charge is 2.73. The Labute approximate surface area is 258 Å². The van der Waals surface area contributed by atoms with Gasteiger partial charge in [0.05, 0.1) is 11.8 Å². The molecule has 8 rings (SSSR count). The predicted molar refractivity (Wildman–Crippen MR) is 160 cm³/mol. The van der Waals surface area contributed by atoms with Gasteiger partial charge in [-0.25, -0.2) is 4.79 Å². The number of alkyl halides is 2. The van der Waals surface area contributed by atoms with E-state index in [1.165, 1.54) is 0 Å². The Kier molecular flexibility index (Phi) is 6.46. The second kappa shape index (κ2) is 9.98. The number of ether oxygens (including phenoxy) is 1. The summed E-state index contributed by atoms with van der Waals surface area (Å²) in [4.78, 5) is 41.2. The van der Waals surface area contributed by atoms with Crippen molar-refractivity contribution < 1.29 is 19.1 Å². The molecule has 3 atom stereocenters. The fraction of sp³-hybridized carbons (Fsp3) is 0.206. The standard InChI is InChI=1S/C34H24Cl3NO4/c35-22-16-14-21(15-17-22)19-42-32(41)27(18-20-8-2-1-3-9-20)38-30(39)28-29(31(38)40)34(37)24-11-5-4-10-23(24)33(28,36)25-12-6-7-13-26(25)34/h1-17,27-29H,18-19H2/t27-,28+,29+,33?,34?/m0/s1. The Hall–Kier alpha value is -3.64. The molecule has 2 amide bonds. The highest BCUT2D eigenvalue weighted by molar-refractivity contribution is 6.36. The average Bonchev–Trinajstić information content (AvgIpc) is 3.29. The van der Waals surface area contributed by atoms with Gasteiger partial charge in [-0.05, 0) is 45.5 Å². The molecule has 1 aliphatic heterocycles. The summed E-state index contributed by atoms with van der Waals surface area (Å²) in [6, 6.07) is 29.8. The summed E-state index contributed by atoms with van der Waals surface area (Å²) in [6.45, 7) is -0.0415. The van der Waals surface area contributed by atoms with E-state index >= 15 is 0 Å². The quantitative estimate of drug-likeness (QED) is 0.139. The van der Waals surface area contributed by atoms with Crippen LogP contribution < -0.4 is 0 Å². The van der Waals surface area contributed by atoms with E-state index < -0.39 is 45.4 Å².